The molecule has 8 heteroatoms. The summed E-state index contributed by atoms with van der Waals surface area (Å²) in [5, 5.41) is 13.0. The van der Waals surface area contributed by atoms with Gasteiger partial charge in [0.05, 0.1) is 16.2 Å². The van der Waals surface area contributed by atoms with E-state index in [4.69, 9.17) is 14.6 Å². The highest BCUT2D eigenvalue weighted by atomic mass is 32.1. The Bertz CT molecular complexity index is 1780. The van der Waals surface area contributed by atoms with Crippen molar-refractivity contribution in [1.29, 1.82) is 0 Å². The Morgan fingerprint density at radius 2 is 1.89 bits per heavy atom. The Morgan fingerprint density at radius 3 is 2.76 bits per heavy atom. The number of hydrogen-bond acceptors (Lipinski definition) is 7. The summed E-state index contributed by atoms with van der Waals surface area (Å²) >= 11 is 1.62. The molecule has 0 radical (unpaired) electrons. The van der Waals surface area contributed by atoms with Crippen molar-refractivity contribution in [3.05, 3.63) is 118 Å². The summed E-state index contributed by atoms with van der Waals surface area (Å²) in [5.74, 6) is 1.78. The molecule has 0 saturated carbocycles. The average Bonchev–Trinajstić information content (AvgIpc) is 3.63. The maximum Gasteiger partial charge on any atom is 0.228 e. The van der Waals surface area contributed by atoms with Crippen molar-refractivity contribution in [1.82, 2.24) is 19.6 Å². The van der Waals surface area contributed by atoms with Crippen molar-refractivity contribution in [3.63, 3.8) is 0 Å². The van der Waals surface area contributed by atoms with E-state index in [1.807, 2.05) is 42.6 Å². The van der Waals surface area contributed by atoms with Gasteiger partial charge in [-0.05, 0) is 29.3 Å². The molecule has 7 rings (SSSR count). The molecule has 0 saturated heterocycles. The maximum atomic E-state index is 6.47. The zero-order valence-corrected chi connectivity index (χ0v) is 20.7. The molecule has 6 aromatic rings. The molecule has 0 spiro atoms. The molecule has 0 fully saturated rings. The van der Waals surface area contributed by atoms with Gasteiger partial charge in [-0.1, -0.05) is 78.0 Å². The topological polar surface area (TPSA) is 73.9 Å². The van der Waals surface area contributed by atoms with Crippen LogP contribution in [-0.2, 0) is 11.4 Å². The minimum atomic E-state index is -0.113. The first-order valence-corrected chi connectivity index (χ1v) is 12.8. The van der Waals surface area contributed by atoms with E-state index in [1.165, 1.54) is 0 Å². The zero-order chi connectivity index (χ0) is 24.8. The molecule has 0 amide bonds. The van der Waals surface area contributed by atoms with Gasteiger partial charge >= 0.3 is 0 Å². The summed E-state index contributed by atoms with van der Waals surface area (Å²) in [6.45, 7) is 2.07. The lowest BCUT2D eigenvalue weighted by molar-refractivity contribution is 0.125. The van der Waals surface area contributed by atoms with E-state index in [1.54, 1.807) is 22.2 Å². The third-order valence-corrected chi connectivity index (χ3v) is 7.52. The van der Waals surface area contributed by atoms with Crippen LogP contribution in [0.5, 0.6) is 11.6 Å². The normalized spacial score (nSPS) is 14.8. The summed E-state index contributed by atoms with van der Waals surface area (Å²) in [4.78, 5) is 16.2. The monoisotopic (exact) mass is 503 g/mol. The fraction of sp³-hybridized carbons (Fsp3) is 0.103. The largest absolute Gasteiger partial charge is 0.438 e. The minimum Gasteiger partial charge on any atom is -0.438 e. The summed E-state index contributed by atoms with van der Waals surface area (Å²) in [6, 6.07) is 26.9. The van der Waals surface area contributed by atoms with Crippen LogP contribution in [0.25, 0.3) is 16.4 Å². The highest BCUT2D eigenvalue weighted by Crippen LogP contribution is 2.50. The lowest BCUT2D eigenvalue weighted by Gasteiger charge is -2.28. The van der Waals surface area contributed by atoms with Crippen LogP contribution in [0.4, 0.5) is 0 Å². The van der Waals surface area contributed by atoms with Gasteiger partial charge in [0, 0.05) is 16.9 Å². The molecule has 0 aliphatic carbocycles. The van der Waals surface area contributed by atoms with Gasteiger partial charge in [0.2, 0.25) is 5.88 Å². The molecule has 1 aliphatic rings. The highest BCUT2D eigenvalue weighted by molar-refractivity contribution is 7.12. The van der Waals surface area contributed by atoms with Gasteiger partial charge in [0.1, 0.15) is 12.1 Å². The number of nitrogens with zero attached hydrogens (tertiary/aromatic N) is 5. The maximum absolute atomic E-state index is 6.47. The van der Waals surface area contributed by atoms with Crippen LogP contribution in [0.3, 0.4) is 0 Å². The van der Waals surface area contributed by atoms with E-state index in [0.29, 0.717) is 17.4 Å². The molecule has 7 nitrogen and oxygen atoms in total. The SMILES string of the molecule is C/C(=N/OCc1nc2c3c(ncn2n1)Oc1c(ccc2ccccc12)[C@H]3c1ccccc1)c1cccs1. The van der Waals surface area contributed by atoms with Crippen LogP contribution >= 0.6 is 11.3 Å². The van der Waals surface area contributed by atoms with Gasteiger partial charge in [0.15, 0.2) is 18.1 Å². The molecule has 0 N–H and O–H groups in total. The molecule has 180 valence electrons. The van der Waals surface area contributed by atoms with Crippen molar-refractivity contribution < 1.29 is 9.57 Å². The third kappa shape index (κ3) is 3.73. The third-order valence-electron chi connectivity index (χ3n) is 6.55. The molecule has 1 atom stereocenters. The summed E-state index contributed by atoms with van der Waals surface area (Å²) < 4.78 is 8.16. The zero-order valence-electron chi connectivity index (χ0n) is 19.9. The first-order chi connectivity index (χ1) is 18.3. The first-order valence-electron chi connectivity index (χ1n) is 12.0. The Morgan fingerprint density at radius 1 is 1.03 bits per heavy atom. The minimum absolute atomic E-state index is 0.113. The van der Waals surface area contributed by atoms with Gasteiger partial charge < -0.3 is 9.57 Å². The number of benzene rings is 3. The van der Waals surface area contributed by atoms with E-state index in [0.717, 1.165) is 43.8 Å². The molecule has 0 bridgehead atoms. The van der Waals surface area contributed by atoms with Gasteiger partial charge in [-0.3, -0.25) is 0 Å². The van der Waals surface area contributed by atoms with Gasteiger partial charge in [-0.2, -0.15) is 0 Å². The number of oxime groups is 1. The van der Waals surface area contributed by atoms with Gasteiger partial charge in [0.25, 0.3) is 0 Å². The second kappa shape index (κ2) is 8.83. The molecular weight excluding hydrogens is 482 g/mol. The van der Waals surface area contributed by atoms with E-state index >= 15 is 0 Å². The van der Waals surface area contributed by atoms with Crippen LogP contribution in [0.15, 0.2) is 95.7 Å². The van der Waals surface area contributed by atoms with Crippen molar-refractivity contribution in [2.24, 2.45) is 5.16 Å². The van der Waals surface area contributed by atoms with Gasteiger partial charge in [-0.15, -0.1) is 16.4 Å². The molecule has 0 unspecified atom stereocenters. The van der Waals surface area contributed by atoms with E-state index < -0.39 is 0 Å². The van der Waals surface area contributed by atoms with Gasteiger partial charge in [-0.25, -0.2) is 14.5 Å². The van der Waals surface area contributed by atoms with Crippen LogP contribution in [0.2, 0.25) is 0 Å². The molecule has 37 heavy (non-hydrogen) atoms. The number of thiophene rings is 1. The number of ether oxygens (including phenoxy) is 1. The Kier molecular flexibility index (Phi) is 5.18. The van der Waals surface area contributed by atoms with Crippen molar-refractivity contribution in [2.45, 2.75) is 19.4 Å². The van der Waals surface area contributed by atoms with E-state index in [2.05, 4.69) is 63.8 Å². The van der Waals surface area contributed by atoms with Crippen LogP contribution in [-0.4, -0.2) is 25.3 Å². The fourth-order valence-corrected chi connectivity index (χ4v) is 5.53. The van der Waals surface area contributed by atoms with Crippen molar-refractivity contribution in [2.75, 3.05) is 0 Å². The molecule has 1 aliphatic heterocycles. The Hall–Kier alpha value is -4.56. The number of rotatable bonds is 5. The second-order valence-electron chi connectivity index (χ2n) is 8.84. The molecule has 4 heterocycles. The lowest BCUT2D eigenvalue weighted by Crippen LogP contribution is -2.15. The molecule has 3 aromatic heterocycles. The van der Waals surface area contributed by atoms with Crippen LogP contribution in [0, 0.1) is 0 Å². The average molecular weight is 504 g/mol. The number of hydrogen-bond donors (Lipinski definition) is 0. The van der Waals surface area contributed by atoms with E-state index in [-0.39, 0.29) is 12.5 Å². The Balaban J connectivity index is 1.33. The smallest absolute Gasteiger partial charge is 0.228 e. The first kappa shape index (κ1) is 21.7. The van der Waals surface area contributed by atoms with Crippen LogP contribution < -0.4 is 4.74 Å². The summed E-state index contributed by atoms with van der Waals surface area (Å²) in [7, 11) is 0. The summed E-state index contributed by atoms with van der Waals surface area (Å²) in [5.41, 5.74) is 4.60. The van der Waals surface area contributed by atoms with Crippen LogP contribution in [0.1, 0.15) is 40.2 Å². The van der Waals surface area contributed by atoms with E-state index in [9.17, 15) is 0 Å². The quantitative estimate of drug-likeness (QED) is 0.196. The summed E-state index contributed by atoms with van der Waals surface area (Å²) in [6.07, 6.45) is 1.64. The number of fused-ring (bicyclic) bond motifs is 6. The molecule has 3 aromatic carbocycles. The predicted octanol–water partition coefficient (Wildman–Crippen LogP) is 6.57. The van der Waals surface area contributed by atoms with Crippen molar-refractivity contribution in [3.8, 4) is 11.6 Å². The second-order valence-corrected chi connectivity index (χ2v) is 9.79. The van der Waals surface area contributed by atoms with Crippen molar-refractivity contribution >= 4 is 33.5 Å². The highest BCUT2D eigenvalue weighted by Gasteiger charge is 2.34. The molecular formula is C29H21N5O2S. The fourth-order valence-electron chi connectivity index (χ4n) is 4.86. The predicted molar refractivity (Wildman–Crippen MR) is 144 cm³/mol. The number of aromatic nitrogens is 4. The Labute approximate surface area is 216 Å². The lowest BCUT2D eigenvalue weighted by atomic mass is 9.83. The standard InChI is InChI=1S/C29H21N5O2S/c1-18(23-12-7-15-37-23)33-35-16-24-31-28-26-25(20-9-3-2-4-10-20)22-14-13-19-8-5-6-11-21(19)27(22)36-29(26)30-17-34(28)32-24/h2-15,17,25H,16H2,1H3/b33-18-/t25-/m1/s1.